The van der Waals surface area contributed by atoms with Crippen LogP contribution >= 0.6 is 27.3 Å². The number of nitrogens with one attached hydrogen (secondary N) is 1. The lowest BCUT2D eigenvalue weighted by molar-refractivity contribution is -0.384. The van der Waals surface area contributed by atoms with Gasteiger partial charge in [0.15, 0.2) is 5.76 Å². The minimum atomic E-state index is -0.440. The van der Waals surface area contributed by atoms with Crippen molar-refractivity contribution in [2.45, 2.75) is 0 Å². The maximum Gasteiger partial charge on any atom is 0.294 e. The van der Waals surface area contributed by atoms with E-state index in [-0.39, 0.29) is 11.4 Å². The van der Waals surface area contributed by atoms with E-state index in [0.29, 0.717) is 16.3 Å². The summed E-state index contributed by atoms with van der Waals surface area (Å²) >= 11 is 4.85. The van der Waals surface area contributed by atoms with E-state index in [2.05, 4.69) is 25.9 Å². The van der Waals surface area contributed by atoms with Crippen molar-refractivity contribution in [2.24, 2.45) is 10.1 Å². The molecule has 6 aromatic rings. The van der Waals surface area contributed by atoms with Crippen LogP contribution in [0.4, 0.5) is 11.4 Å². The molecule has 3 aromatic carbocycles. The topological polar surface area (TPSA) is 102 Å². The van der Waals surface area contributed by atoms with Gasteiger partial charge in [0.05, 0.1) is 11.1 Å². The molecule has 0 unspecified atom stereocenters. The minimum absolute atomic E-state index is 0.0757. The number of halogens is 1. The number of para-hydroxylation sites is 3. The van der Waals surface area contributed by atoms with Crippen LogP contribution in [0.3, 0.4) is 0 Å². The van der Waals surface area contributed by atoms with E-state index < -0.39 is 4.92 Å². The second kappa shape index (κ2) is 9.06. The molecular weight excluding hydrogens is 542 g/mol. The lowest BCUT2D eigenvalue weighted by atomic mass is 10.2. The average molecular weight is 558 g/mol. The van der Waals surface area contributed by atoms with Gasteiger partial charge in [-0.2, -0.15) is 5.10 Å². The highest BCUT2D eigenvalue weighted by atomic mass is 79.9. The van der Waals surface area contributed by atoms with Crippen molar-refractivity contribution < 1.29 is 9.34 Å². The molecule has 0 aliphatic heterocycles. The molecule has 0 radical (unpaired) electrons. The molecule has 0 saturated carbocycles. The van der Waals surface area contributed by atoms with Gasteiger partial charge in [-0.3, -0.25) is 10.1 Å². The summed E-state index contributed by atoms with van der Waals surface area (Å²) in [5.41, 5.74) is 3.49. The fourth-order valence-electron chi connectivity index (χ4n) is 3.92. The number of hydrogen-bond acceptors (Lipinski definition) is 6. The Kier molecular flexibility index (Phi) is 5.59. The van der Waals surface area contributed by atoms with Crippen LogP contribution in [0.1, 0.15) is 5.56 Å². The van der Waals surface area contributed by atoms with E-state index in [9.17, 15) is 10.1 Å². The van der Waals surface area contributed by atoms with Gasteiger partial charge in [-0.25, -0.2) is 9.67 Å². The quantitative estimate of drug-likeness (QED) is 0.137. The zero-order valence-electron chi connectivity index (χ0n) is 18.5. The second-order valence-corrected chi connectivity index (χ2v) is 9.65. The van der Waals surface area contributed by atoms with Crippen molar-refractivity contribution in [1.29, 1.82) is 0 Å². The number of nitrogens with zero attached hydrogens (tertiary/aromatic N) is 4. The smallest absolute Gasteiger partial charge is 0.294 e. The molecule has 0 saturated heterocycles. The second-order valence-electron chi connectivity index (χ2n) is 7.90. The predicted octanol–water partition coefficient (Wildman–Crippen LogP) is 7.23. The summed E-state index contributed by atoms with van der Waals surface area (Å²) in [6, 6.07) is 22.1. The number of nitro groups is 1. The van der Waals surface area contributed by atoms with Crippen molar-refractivity contribution in [3.63, 3.8) is 0 Å². The van der Waals surface area contributed by atoms with Gasteiger partial charge >= 0.3 is 0 Å². The van der Waals surface area contributed by atoms with Crippen LogP contribution in [-0.2, 0) is 0 Å². The molecule has 0 aliphatic rings. The van der Waals surface area contributed by atoms with Crippen molar-refractivity contribution >= 4 is 66.7 Å². The molecule has 10 heteroatoms. The van der Waals surface area contributed by atoms with E-state index in [4.69, 9.17) is 9.52 Å². The van der Waals surface area contributed by atoms with Crippen molar-refractivity contribution in [2.75, 3.05) is 0 Å². The zero-order valence-corrected chi connectivity index (χ0v) is 20.9. The third-order valence-corrected chi connectivity index (χ3v) is 6.96. The molecular formula is C26H16BrN5O3S. The largest absolute Gasteiger partial charge is 0.454 e. The fraction of sp³-hybridized carbons (Fsp3) is 0. The van der Waals surface area contributed by atoms with Crippen LogP contribution in [0.5, 0.6) is 0 Å². The first-order valence-corrected chi connectivity index (χ1v) is 12.5. The molecule has 3 aromatic heterocycles. The third-order valence-electron chi connectivity index (χ3n) is 5.65. The Balaban J connectivity index is 1.54. The van der Waals surface area contributed by atoms with Gasteiger partial charge in [0.1, 0.15) is 17.0 Å². The Labute approximate surface area is 216 Å². The van der Waals surface area contributed by atoms with Crippen LogP contribution in [0.15, 0.2) is 103 Å². The molecule has 0 amide bonds. The number of benzene rings is 3. The Morgan fingerprint density at radius 1 is 1.08 bits per heavy atom. The van der Waals surface area contributed by atoms with E-state index in [1.54, 1.807) is 29.1 Å². The first-order chi connectivity index (χ1) is 17.6. The van der Waals surface area contributed by atoms with Gasteiger partial charge in [-0.1, -0.05) is 46.3 Å². The SMILES string of the molecule is O=[N+]([O-])c1ccccc1N=c1scc(-c2cc3ccccc3o2)n1N=Cc1c[nH]c2ccc(Br)cc12. The number of aromatic amines is 1. The van der Waals surface area contributed by atoms with Crippen LogP contribution in [0.2, 0.25) is 0 Å². The van der Waals surface area contributed by atoms with E-state index in [0.717, 1.165) is 31.9 Å². The van der Waals surface area contributed by atoms with Gasteiger partial charge in [0.2, 0.25) is 4.80 Å². The Morgan fingerprint density at radius 3 is 2.78 bits per heavy atom. The van der Waals surface area contributed by atoms with Crippen molar-refractivity contribution in [3.8, 4) is 11.5 Å². The molecule has 0 aliphatic carbocycles. The number of H-pyrrole nitrogens is 1. The van der Waals surface area contributed by atoms with Gasteiger partial charge in [-0.05, 0) is 36.4 Å². The van der Waals surface area contributed by atoms with E-state index in [1.807, 2.05) is 60.1 Å². The minimum Gasteiger partial charge on any atom is -0.454 e. The molecule has 1 N–H and O–H groups in total. The molecule has 36 heavy (non-hydrogen) atoms. The first-order valence-electron chi connectivity index (χ1n) is 10.9. The highest BCUT2D eigenvalue weighted by Crippen LogP contribution is 2.30. The van der Waals surface area contributed by atoms with Crippen LogP contribution < -0.4 is 4.80 Å². The number of aromatic nitrogens is 2. The molecule has 6 rings (SSSR count). The molecule has 3 heterocycles. The number of nitro benzene ring substituents is 1. The van der Waals surface area contributed by atoms with Gasteiger partial charge in [0.25, 0.3) is 5.69 Å². The maximum atomic E-state index is 11.5. The average Bonchev–Trinajstić information content (AvgIpc) is 3.59. The highest BCUT2D eigenvalue weighted by molar-refractivity contribution is 9.10. The van der Waals surface area contributed by atoms with Gasteiger partial charge < -0.3 is 9.40 Å². The Bertz CT molecular complexity index is 1830. The predicted molar refractivity (Wildman–Crippen MR) is 145 cm³/mol. The molecule has 0 spiro atoms. The third kappa shape index (κ3) is 4.06. The summed E-state index contributed by atoms with van der Waals surface area (Å²) in [6.45, 7) is 0. The molecule has 0 atom stereocenters. The Hall–Kier alpha value is -4.28. The van der Waals surface area contributed by atoms with Gasteiger partial charge in [0, 0.05) is 44.0 Å². The van der Waals surface area contributed by atoms with Crippen molar-refractivity contribution in [1.82, 2.24) is 9.66 Å². The summed E-state index contributed by atoms with van der Waals surface area (Å²) < 4.78 is 8.70. The summed E-state index contributed by atoms with van der Waals surface area (Å²) in [4.78, 5) is 19.4. The number of hydrogen-bond donors (Lipinski definition) is 1. The van der Waals surface area contributed by atoms with E-state index >= 15 is 0 Å². The zero-order chi connectivity index (χ0) is 24.6. The van der Waals surface area contributed by atoms with Crippen LogP contribution in [0, 0.1) is 10.1 Å². The first kappa shape index (κ1) is 22.2. The highest BCUT2D eigenvalue weighted by Gasteiger charge is 2.16. The number of thiazole rings is 1. The summed E-state index contributed by atoms with van der Waals surface area (Å²) in [5.74, 6) is 0.621. The Morgan fingerprint density at radius 2 is 1.92 bits per heavy atom. The number of furan rings is 1. The molecule has 176 valence electrons. The van der Waals surface area contributed by atoms with E-state index in [1.165, 1.54) is 17.4 Å². The van der Waals surface area contributed by atoms with Crippen LogP contribution in [-0.4, -0.2) is 20.8 Å². The van der Waals surface area contributed by atoms with Crippen LogP contribution in [0.25, 0.3) is 33.3 Å². The van der Waals surface area contributed by atoms with Crippen molar-refractivity contribution in [3.05, 3.63) is 109 Å². The number of fused-ring (bicyclic) bond motifs is 2. The summed E-state index contributed by atoms with van der Waals surface area (Å²) in [6.07, 6.45) is 3.62. The summed E-state index contributed by atoms with van der Waals surface area (Å²) in [5, 5.41) is 20.2. The van der Waals surface area contributed by atoms with Gasteiger partial charge in [-0.15, -0.1) is 11.3 Å². The number of rotatable bonds is 5. The molecule has 0 fully saturated rings. The molecule has 8 nitrogen and oxygen atoms in total. The lowest BCUT2D eigenvalue weighted by Crippen LogP contribution is -2.11. The summed E-state index contributed by atoms with van der Waals surface area (Å²) in [7, 11) is 0. The normalized spacial score (nSPS) is 12.3. The molecule has 0 bridgehead atoms. The monoisotopic (exact) mass is 557 g/mol. The standard InChI is InChI=1S/C26H16BrN5O3S/c27-18-9-10-20-19(12-18)17(13-28-20)14-29-31-23(25-11-16-5-1-4-8-24(16)35-25)15-36-26(31)30-21-6-2-3-7-22(21)32(33)34/h1-15,28H. The lowest BCUT2D eigenvalue weighted by Gasteiger charge is -2.01. The maximum absolute atomic E-state index is 11.5. The fourth-order valence-corrected chi connectivity index (χ4v) is 5.12.